The van der Waals surface area contributed by atoms with Crippen LogP contribution in [-0.2, 0) is 0 Å². The minimum atomic E-state index is 0. The molecule has 13 heavy (non-hydrogen) atoms. The number of hydrogen-bond acceptors (Lipinski definition) is 4. The molecule has 3 N–H and O–H groups in total. The third-order valence-electron chi connectivity index (χ3n) is 1.05. The molecule has 0 amide bonds. The summed E-state index contributed by atoms with van der Waals surface area (Å²) in [6, 6.07) is 1.89. The third-order valence-corrected chi connectivity index (χ3v) is 1.05. The second kappa shape index (κ2) is 17.6. The van der Waals surface area contributed by atoms with Crippen LogP contribution in [0.2, 0.25) is 0 Å². The number of hydrogen-bond donors (Lipinski definition) is 2. The number of nitrogens with zero attached hydrogens (tertiary/aromatic N) is 2. The van der Waals surface area contributed by atoms with Gasteiger partial charge in [0.15, 0.2) is 0 Å². The molecule has 0 bridgehead atoms. The highest BCUT2D eigenvalue weighted by atomic mass is 35.5. The predicted molar refractivity (Wildman–Crippen MR) is 60.2 cm³/mol. The maximum Gasteiger partial charge on any atom is 0.0861 e. The van der Waals surface area contributed by atoms with Gasteiger partial charge in [0.1, 0.15) is 0 Å². The molecule has 0 spiro atoms. The molecule has 0 radical (unpaired) electrons. The Morgan fingerprint density at radius 1 is 1.46 bits per heavy atom. The van der Waals surface area contributed by atoms with E-state index in [0.717, 1.165) is 19.5 Å². The summed E-state index contributed by atoms with van der Waals surface area (Å²) in [5, 5.41) is 6.19. The molecule has 80 valence electrons. The van der Waals surface area contributed by atoms with E-state index in [2.05, 4.69) is 24.0 Å². The minimum absolute atomic E-state index is 0. The first-order valence-corrected chi connectivity index (χ1v) is 4.12. The van der Waals surface area contributed by atoms with Crippen LogP contribution in [0.3, 0.4) is 0 Å². The number of nitrogens with one attached hydrogen (secondary N) is 1. The quantitative estimate of drug-likeness (QED) is 0.679. The molecule has 5 heteroatoms. The topological polar surface area (TPSA) is 65.5 Å². The van der Waals surface area contributed by atoms with E-state index in [4.69, 9.17) is 11.1 Å². The highest BCUT2D eigenvalue weighted by Gasteiger charge is 1.83. The third kappa shape index (κ3) is 34.1. The highest BCUT2D eigenvalue weighted by molar-refractivity contribution is 5.85. The molecule has 0 aliphatic heterocycles. The summed E-state index contributed by atoms with van der Waals surface area (Å²) in [4.78, 5) is 5.52. The van der Waals surface area contributed by atoms with Gasteiger partial charge >= 0.3 is 0 Å². The van der Waals surface area contributed by atoms with Gasteiger partial charge in [0.05, 0.1) is 6.01 Å². The van der Waals surface area contributed by atoms with Crippen molar-refractivity contribution in [2.24, 2.45) is 10.7 Å². The van der Waals surface area contributed by atoms with E-state index in [1.807, 2.05) is 12.9 Å². The van der Waals surface area contributed by atoms with Crippen LogP contribution in [-0.4, -0.2) is 44.6 Å². The van der Waals surface area contributed by atoms with Gasteiger partial charge < -0.3 is 10.6 Å². The minimum Gasteiger partial charge on any atom is -0.330 e. The van der Waals surface area contributed by atoms with E-state index in [1.165, 1.54) is 0 Å². The van der Waals surface area contributed by atoms with Crippen molar-refractivity contribution >= 4 is 18.4 Å². The lowest BCUT2D eigenvalue weighted by molar-refractivity contribution is 0.403. The molecule has 0 aromatic heterocycles. The average Bonchev–Trinajstić information content (AvgIpc) is 2.03. The Kier molecular flexibility index (Phi) is 24.9. The van der Waals surface area contributed by atoms with Crippen LogP contribution in [0.4, 0.5) is 0 Å². The van der Waals surface area contributed by atoms with Crippen molar-refractivity contribution in [3.8, 4) is 0 Å². The Morgan fingerprint density at radius 3 is 2.08 bits per heavy atom. The second-order valence-corrected chi connectivity index (χ2v) is 2.53. The molecule has 0 atom stereocenters. The summed E-state index contributed by atoms with van der Waals surface area (Å²) in [5.41, 5.74) is 5.25. The van der Waals surface area contributed by atoms with Crippen LogP contribution in [0, 0.1) is 5.41 Å². The standard InChI is InChI=1S/C5H14N2.C3H6N2.ClH/c1-7(2)5-3-4-6;1-2-5-3-4;/h3-6H2,1-2H3;4H,2H2,1H3;1H. The van der Waals surface area contributed by atoms with Gasteiger partial charge in [0, 0.05) is 6.54 Å². The Hall–Kier alpha value is -0.410. The first kappa shape index (κ1) is 18.4. The lowest BCUT2D eigenvalue weighted by Crippen LogP contribution is -2.16. The van der Waals surface area contributed by atoms with Gasteiger partial charge in [-0.25, -0.2) is 10.4 Å². The fourth-order valence-corrected chi connectivity index (χ4v) is 0.487. The van der Waals surface area contributed by atoms with Crippen molar-refractivity contribution in [3.05, 3.63) is 0 Å². The van der Waals surface area contributed by atoms with Crippen molar-refractivity contribution < 1.29 is 0 Å². The Labute approximate surface area is 87.1 Å². The first-order valence-electron chi connectivity index (χ1n) is 4.12. The summed E-state index contributed by atoms with van der Waals surface area (Å²) in [6.45, 7) is 4.44. The molecule has 0 heterocycles. The summed E-state index contributed by atoms with van der Waals surface area (Å²) >= 11 is 0. The lowest BCUT2D eigenvalue weighted by Gasteiger charge is -2.05. The van der Waals surface area contributed by atoms with Crippen LogP contribution in [0.15, 0.2) is 4.99 Å². The monoisotopic (exact) mass is 208 g/mol. The van der Waals surface area contributed by atoms with Crippen LogP contribution in [0.1, 0.15) is 13.3 Å². The molecule has 0 saturated carbocycles. The maximum atomic E-state index is 6.19. The van der Waals surface area contributed by atoms with Crippen LogP contribution in [0.25, 0.3) is 0 Å². The average molecular weight is 209 g/mol. The Bertz CT molecular complexity index is 121. The second-order valence-electron chi connectivity index (χ2n) is 2.53. The molecule has 4 nitrogen and oxygen atoms in total. The van der Waals surface area contributed by atoms with E-state index in [-0.39, 0.29) is 12.4 Å². The zero-order valence-electron chi connectivity index (χ0n) is 8.71. The van der Waals surface area contributed by atoms with Gasteiger partial charge in [-0.1, -0.05) is 0 Å². The number of rotatable bonds is 4. The van der Waals surface area contributed by atoms with Crippen molar-refractivity contribution in [1.29, 1.82) is 5.41 Å². The highest BCUT2D eigenvalue weighted by Crippen LogP contribution is 1.76. The molecular weight excluding hydrogens is 188 g/mol. The molecule has 0 aromatic rings. The van der Waals surface area contributed by atoms with Gasteiger partial charge in [-0.05, 0) is 40.5 Å². The summed E-state index contributed by atoms with van der Waals surface area (Å²) < 4.78 is 0. The molecule has 0 aliphatic rings. The molecule has 0 aromatic carbocycles. The largest absolute Gasteiger partial charge is 0.330 e. The Morgan fingerprint density at radius 2 is 2.00 bits per heavy atom. The van der Waals surface area contributed by atoms with Gasteiger partial charge in [0.2, 0.25) is 0 Å². The van der Waals surface area contributed by atoms with E-state index >= 15 is 0 Å². The number of halogens is 1. The molecule has 0 rings (SSSR count). The molecule has 0 unspecified atom stereocenters. The summed E-state index contributed by atoms with van der Waals surface area (Å²) in [5.74, 6) is 0. The molecular formula is C8H21ClN4. The number of aliphatic imine (C=N–C) groups is 1. The normalized spacial score (nSPS) is 7.77. The molecule has 0 fully saturated rings. The van der Waals surface area contributed by atoms with Crippen molar-refractivity contribution in [1.82, 2.24) is 4.90 Å². The smallest absolute Gasteiger partial charge is 0.0861 e. The lowest BCUT2D eigenvalue weighted by atomic mass is 10.4. The van der Waals surface area contributed by atoms with E-state index in [1.54, 1.807) is 0 Å². The van der Waals surface area contributed by atoms with E-state index < -0.39 is 0 Å². The first-order chi connectivity index (χ1) is 5.68. The zero-order chi connectivity index (χ0) is 9.82. The zero-order valence-corrected chi connectivity index (χ0v) is 9.52. The van der Waals surface area contributed by atoms with Gasteiger partial charge in [-0.2, -0.15) is 0 Å². The van der Waals surface area contributed by atoms with Gasteiger partial charge in [-0.3, -0.25) is 0 Å². The Balaban J connectivity index is -0.000000150. The fraction of sp³-hybridized carbons (Fsp3) is 0.875. The molecule has 0 saturated heterocycles. The SMILES string of the molecule is CCN=C=N.CN(C)CCCN.Cl. The maximum absolute atomic E-state index is 6.19. The molecule has 0 aliphatic carbocycles. The van der Waals surface area contributed by atoms with Crippen molar-refractivity contribution in [3.63, 3.8) is 0 Å². The predicted octanol–water partition coefficient (Wildman–Crippen LogP) is 1.08. The van der Waals surface area contributed by atoms with Gasteiger partial charge in [0.25, 0.3) is 0 Å². The van der Waals surface area contributed by atoms with Crippen molar-refractivity contribution in [2.75, 3.05) is 33.7 Å². The summed E-state index contributed by atoms with van der Waals surface area (Å²) in [7, 11) is 4.10. The van der Waals surface area contributed by atoms with E-state index in [0.29, 0.717) is 6.54 Å². The summed E-state index contributed by atoms with van der Waals surface area (Å²) in [6.07, 6.45) is 1.10. The van der Waals surface area contributed by atoms with Crippen LogP contribution < -0.4 is 5.73 Å². The van der Waals surface area contributed by atoms with Crippen molar-refractivity contribution in [2.45, 2.75) is 13.3 Å². The number of nitrogens with two attached hydrogens (primary N) is 1. The van der Waals surface area contributed by atoms with Crippen LogP contribution in [0.5, 0.6) is 0 Å². The fourth-order valence-electron chi connectivity index (χ4n) is 0.487. The van der Waals surface area contributed by atoms with E-state index in [9.17, 15) is 0 Å². The van der Waals surface area contributed by atoms with Gasteiger partial charge in [-0.15, -0.1) is 12.4 Å². The van der Waals surface area contributed by atoms with Crippen LogP contribution >= 0.6 is 12.4 Å².